The minimum atomic E-state index is 0. The second kappa shape index (κ2) is 13.2. The van der Waals surface area contributed by atoms with Crippen LogP contribution in [0, 0.1) is 0 Å². The van der Waals surface area contributed by atoms with Gasteiger partial charge in [-0.25, -0.2) is 4.98 Å². The molecule has 0 amide bonds. The van der Waals surface area contributed by atoms with Crippen LogP contribution in [-0.4, -0.2) is 47.7 Å². The summed E-state index contributed by atoms with van der Waals surface area (Å²) in [5, 5.41) is 4.18. The van der Waals surface area contributed by atoms with Crippen LogP contribution in [0.1, 0.15) is 12.0 Å². The van der Waals surface area contributed by atoms with Gasteiger partial charge < -0.3 is 24.1 Å². The number of fused-ring (bicyclic) bond motifs is 1. The first-order valence-corrected chi connectivity index (χ1v) is 11.3. The lowest BCUT2D eigenvalue weighted by Crippen LogP contribution is -2.32. The largest absolute Gasteiger partial charge is 0.496 e. The zero-order valence-corrected chi connectivity index (χ0v) is 23.1. The number of aromatic nitrogens is 3. The Morgan fingerprint density at radius 1 is 1.03 bits per heavy atom. The van der Waals surface area contributed by atoms with E-state index in [-0.39, 0.29) is 37.2 Å². The van der Waals surface area contributed by atoms with Gasteiger partial charge in [-0.1, -0.05) is 11.6 Å². The fourth-order valence-electron chi connectivity index (χ4n) is 4.28. The van der Waals surface area contributed by atoms with Crippen molar-refractivity contribution in [2.75, 3.05) is 32.2 Å². The van der Waals surface area contributed by atoms with Crippen LogP contribution in [0.2, 0.25) is 5.02 Å². The molecule has 0 unspecified atom stereocenters. The van der Waals surface area contributed by atoms with Gasteiger partial charge in [0.1, 0.15) is 17.1 Å². The average molecular weight is 573 g/mol. The Labute approximate surface area is 234 Å². The summed E-state index contributed by atoms with van der Waals surface area (Å²) in [4.78, 5) is 11.3. The van der Waals surface area contributed by atoms with E-state index in [1.165, 1.54) is 11.3 Å². The maximum absolute atomic E-state index is 6.37. The van der Waals surface area contributed by atoms with Crippen LogP contribution >= 0.6 is 48.8 Å². The number of imidazole rings is 1. The summed E-state index contributed by atoms with van der Waals surface area (Å²) >= 11 is 6.37. The maximum atomic E-state index is 6.37. The molecule has 1 atom stereocenters. The van der Waals surface area contributed by atoms with Gasteiger partial charge in [-0.15, -0.1) is 37.2 Å². The summed E-state index contributed by atoms with van der Waals surface area (Å²) in [6.07, 6.45) is 8.82. The third-order valence-electron chi connectivity index (χ3n) is 6.09. The molecule has 1 aliphatic heterocycles. The molecule has 4 heterocycles. The molecular formula is C25H29Cl4N5O2. The molecule has 1 aromatic carbocycles. The van der Waals surface area contributed by atoms with Crippen LogP contribution in [0.5, 0.6) is 11.5 Å². The summed E-state index contributed by atoms with van der Waals surface area (Å²) in [5.41, 5.74) is 4.93. The van der Waals surface area contributed by atoms with Crippen molar-refractivity contribution in [1.29, 1.82) is 0 Å². The maximum Gasteiger partial charge on any atom is 0.141 e. The Bertz CT molecular complexity index is 1270. The van der Waals surface area contributed by atoms with Crippen LogP contribution < -0.4 is 19.7 Å². The molecule has 1 N–H and O–H groups in total. The van der Waals surface area contributed by atoms with Crippen LogP contribution in [0.15, 0.2) is 61.2 Å². The van der Waals surface area contributed by atoms with E-state index in [9.17, 15) is 0 Å². The topological polar surface area (TPSA) is 63.9 Å². The van der Waals surface area contributed by atoms with Crippen molar-refractivity contribution in [3.05, 3.63) is 71.8 Å². The molecule has 0 spiro atoms. The molecule has 1 fully saturated rings. The number of hydrogen-bond donors (Lipinski definition) is 1. The quantitative estimate of drug-likeness (QED) is 0.306. The number of halogens is 4. The minimum Gasteiger partial charge on any atom is -0.496 e. The van der Waals surface area contributed by atoms with Crippen LogP contribution in [-0.2, 0) is 6.54 Å². The van der Waals surface area contributed by atoms with Crippen molar-refractivity contribution in [2.45, 2.75) is 19.0 Å². The second-order valence-electron chi connectivity index (χ2n) is 8.13. The average Bonchev–Trinajstić information content (AvgIpc) is 3.50. The summed E-state index contributed by atoms with van der Waals surface area (Å²) < 4.78 is 12.9. The molecular weight excluding hydrogens is 544 g/mol. The smallest absolute Gasteiger partial charge is 0.141 e. The van der Waals surface area contributed by atoms with E-state index in [4.69, 9.17) is 26.1 Å². The summed E-state index contributed by atoms with van der Waals surface area (Å²) in [7, 11) is 3.22. The molecule has 36 heavy (non-hydrogen) atoms. The van der Waals surface area contributed by atoms with Gasteiger partial charge in [-0.3, -0.25) is 4.98 Å². The second-order valence-corrected chi connectivity index (χ2v) is 8.54. The van der Waals surface area contributed by atoms with Crippen molar-refractivity contribution < 1.29 is 9.47 Å². The molecule has 194 valence electrons. The Hall–Kier alpha value is -2.42. The third-order valence-corrected chi connectivity index (χ3v) is 6.39. The predicted molar refractivity (Wildman–Crippen MR) is 152 cm³/mol. The number of nitrogens with one attached hydrogen (secondary N) is 1. The van der Waals surface area contributed by atoms with Crippen molar-refractivity contribution >= 4 is 60.2 Å². The normalized spacial score (nSPS) is 14.5. The zero-order valence-electron chi connectivity index (χ0n) is 19.9. The Morgan fingerprint density at radius 3 is 2.50 bits per heavy atom. The van der Waals surface area contributed by atoms with E-state index in [1.54, 1.807) is 20.3 Å². The van der Waals surface area contributed by atoms with Crippen molar-refractivity contribution in [2.24, 2.45) is 0 Å². The van der Waals surface area contributed by atoms with Crippen molar-refractivity contribution in [3.63, 3.8) is 0 Å². The summed E-state index contributed by atoms with van der Waals surface area (Å²) in [6, 6.07) is 12.4. The lowest BCUT2D eigenvalue weighted by Gasteiger charge is -2.19. The molecule has 5 rings (SSSR count). The molecule has 7 nitrogen and oxygen atoms in total. The number of hydrogen-bond acceptors (Lipinski definition) is 6. The Morgan fingerprint density at radius 2 is 1.78 bits per heavy atom. The van der Waals surface area contributed by atoms with Crippen LogP contribution in [0.25, 0.3) is 16.9 Å². The predicted octanol–water partition coefficient (Wildman–Crippen LogP) is 5.70. The van der Waals surface area contributed by atoms with E-state index in [1.807, 2.05) is 29.1 Å². The van der Waals surface area contributed by atoms with Gasteiger partial charge in [0, 0.05) is 73.8 Å². The van der Waals surface area contributed by atoms with Gasteiger partial charge in [0.05, 0.1) is 24.9 Å². The first kappa shape index (κ1) is 29.8. The van der Waals surface area contributed by atoms with Gasteiger partial charge >= 0.3 is 0 Å². The molecule has 11 heteroatoms. The molecule has 0 aliphatic carbocycles. The summed E-state index contributed by atoms with van der Waals surface area (Å²) in [6.45, 7) is 2.84. The standard InChI is InChI=1S/C25H26ClN5O2.3ClH/c1-32-23-13-24(33-2)21(26)12-20(23)22-16-31-10-6-19(11-25(31)29-22)30-9-5-18(15-30)28-14-17-3-7-27-8-4-17;;;/h3-4,6-8,10-13,16,18,28H,5,9,14-15H2,1-2H3;3*1H/t18-;;;/m1.../s1. The van der Waals surface area contributed by atoms with Crippen LogP contribution in [0.3, 0.4) is 0 Å². The van der Waals surface area contributed by atoms with E-state index in [0.29, 0.717) is 22.6 Å². The number of pyridine rings is 2. The highest BCUT2D eigenvalue weighted by molar-refractivity contribution is 6.32. The number of ether oxygens (including phenoxy) is 2. The molecule has 3 aromatic heterocycles. The summed E-state index contributed by atoms with van der Waals surface area (Å²) in [5.74, 6) is 1.24. The minimum absolute atomic E-state index is 0. The molecule has 1 saturated heterocycles. The number of anilines is 1. The first-order valence-electron chi connectivity index (χ1n) is 10.9. The highest BCUT2D eigenvalue weighted by Crippen LogP contribution is 2.38. The van der Waals surface area contributed by atoms with E-state index < -0.39 is 0 Å². The lowest BCUT2D eigenvalue weighted by molar-refractivity contribution is 0.395. The molecule has 0 bridgehead atoms. The highest BCUT2D eigenvalue weighted by atomic mass is 35.5. The molecule has 1 aliphatic rings. The number of methoxy groups -OCH3 is 2. The fourth-order valence-corrected chi connectivity index (χ4v) is 4.52. The van der Waals surface area contributed by atoms with Crippen LogP contribution in [0.4, 0.5) is 5.69 Å². The van der Waals surface area contributed by atoms with Crippen molar-refractivity contribution in [3.8, 4) is 22.8 Å². The Kier molecular flexibility index (Phi) is 10.9. The number of rotatable bonds is 7. The van der Waals surface area contributed by atoms with Crippen molar-refractivity contribution in [1.82, 2.24) is 19.7 Å². The third kappa shape index (κ3) is 6.28. The Balaban J connectivity index is 0.00000152. The van der Waals surface area contributed by atoms with Gasteiger partial charge in [-0.05, 0) is 36.2 Å². The molecule has 4 aromatic rings. The van der Waals surface area contributed by atoms with Gasteiger partial charge in [0.25, 0.3) is 0 Å². The van der Waals surface area contributed by atoms with E-state index in [0.717, 1.165) is 43.0 Å². The number of benzene rings is 1. The van der Waals surface area contributed by atoms with Gasteiger partial charge in [-0.2, -0.15) is 0 Å². The van der Waals surface area contributed by atoms with E-state index in [2.05, 4.69) is 45.7 Å². The number of nitrogens with zero attached hydrogens (tertiary/aromatic N) is 4. The van der Waals surface area contributed by atoms with E-state index >= 15 is 0 Å². The highest BCUT2D eigenvalue weighted by Gasteiger charge is 2.23. The van der Waals surface area contributed by atoms with Gasteiger partial charge in [0.15, 0.2) is 0 Å². The zero-order chi connectivity index (χ0) is 22.8. The fraction of sp³-hybridized carbons (Fsp3) is 0.280. The molecule has 0 radical (unpaired) electrons. The monoisotopic (exact) mass is 571 g/mol. The SMILES string of the molecule is COc1cc(OC)c(-c2cn3ccc(N4CC[C@@H](NCc5ccncc5)C4)cc3n2)cc1Cl.Cl.Cl.Cl. The van der Waals surface area contributed by atoms with Gasteiger partial charge in [0.2, 0.25) is 0 Å². The molecule has 0 saturated carbocycles. The first-order chi connectivity index (χ1) is 16.1. The lowest BCUT2D eigenvalue weighted by atomic mass is 10.1.